The maximum Gasteiger partial charge on any atom is 0.180 e. The summed E-state index contributed by atoms with van der Waals surface area (Å²) in [4.78, 5) is 0. The van der Waals surface area contributed by atoms with Gasteiger partial charge in [0, 0.05) is 0 Å². The maximum absolute atomic E-state index is 8.68. The Morgan fingerprint density at radius 3 is 2.59 bits per heavy atom. The summed E-state index contributed by atoms with van der Waals surface area (Å²) in [5.74, 6) is 1.27. The number of oxime groups is 1. The van der Waals surface area contributed by atoms with Crippen LogP contribution in [0.15, 0.2) is 29.4 Å². The minimum atomic E-state index is -0.389. The first-order valence-corrected chi connectivity index (χ1v) is 5.83. The van der Waals surface area contributed by atoms with Gasteiger partial charge in [-0.25, -0.2) is 0 Å². The van der Waals surface area contributed by atoms with Crippen molar-refractivity contribution in [2.75, 3.05) is 0 Å². The Hall–Kier alpha value is -1.71. The van der Waals surface area contributed by atoms with E-state index in [2.05, 4.69) is 19.0 Å². The number of rotatable bonds is 5. The predicted octanol–water partition coefficient (Wildman–Crippen LogP) is 2.71. The fourth-order valence-corrected chi connectivity index (χ4v) is 1.64. The highest BCUT2D eigenvalue weighted by atomic mass is 16.5. The van der Waals surface area contributed by atoms with E-state index in [-0.39, 0.29) is 11.9 Å². The van der Waals surface area contributed by atoms with Gasteiger partial charge in [0.05, 0.1) is 0 Å². The smallest absolute Gasteiger partial charge is 0.180 e. The summed E-state index contributed by atoms with van der Waals surface area (Å²) in [6.45, 7) is 6.14. The molecule has 1 rings (SSSR count). The van der Waals surface area contributed by atoms with Gasteiger partial charge < -0.3 is 15.7 Å². The van der Waals surface area contributed by atoms with Crippen LogP contribution in [0.2, 0.25) is 0 Å². The molecule has 4 nitrogen and oxygen atoms in total. The lowest BCUT2D eigenvalue weighted by molar-refractivity contribution is 0.244. The van der Waals surface area contributed by atoms with Gasteiger partial charge >= 0.3 is 0 Å². The fourth-order valence-electron chi connectivity index (χ4n) is 1.64. The van der Waals surface area contributed by atoms with Crippen molar-refractivity contribution in [2.45, 2.75) is 39.2 Å². The molecule has 0 fully saturated rings. The zero-order valence-corrected chi connectivity index (χ0v) is 10.6. The third kappa shape index (κ3) is 3.37. The first-order valence-electron chi connectivity index (χ1n) is 5.83. The summed E-state index contributed by atoms with van der Waals surface area (Å²) in [5.41, 5.74) is 6.70. The van der Waals surface area contributed by atoms with E-state index in [0.717, 1.165) is 11.3 Å². The molecule has 0 heterocycles. The normalized spacial score (nSPS) is 13.8. The number of para-hydroxylation sites is 1. The first kappa shape index (κ1) is 13.4. The average molecular weight is 236 g/mol. The Balaban J connectivity index is 2.93. The number of nitrogens with zero attached hydrogens (tertiary/aromatic N) is 1. The molecule has 17 heavy (non-hydrogen) atoms. The van der Waals surface area contributed by atoms with Gasteiger partial charge in [-0.15, -0.1) is 0 Å². The third-order valence-electron chi connectivity index (χ3n) is 2.63. The van der Waals surface area contributed by atoms with Gasteiger partial charge in [0.25, 0.3) is 0 Å². The SMILES string of the molecule is CCC(Oc1ccccc1C(C)C)C(N)=NO. The van der Waals surface area contributed by atoms with Crippen molar-refractivity contribution >= 4 is 5.84 Å². The molecule has 0 spiro atoms. The minimum Gasteiger partial charge on any atom is -0.482 e. The van der Waals surface area contributed by atoms with Crippen molar-refractivity contribution in [1.82, 2.24) is 0 Å². The van der Waals surface area contributed by atoms with Crippen LogP contribution in [0.3, 0.4) is 0 Å². The molecule has 94 valence electrons. The standard InChI is InChI=1S/C13H20N2O2/c1-4-11(13(14)15-16)17-12-8-6-5-7-10(12)9(2)3/h5-9,11,16H,4H2,1-3H3,(H2,14,15). The van der Waals surface area contributed by atoms with Gasteiger partial charge in [-0.05, 0) is 24.0 Å². The van der Waals surface area contributed by atoms with E-state index in [1.54, 1.807) is 0 Å². The third-order valence-corrected chi connectivity index (χ3v) is 2.63. The van der Waals surface area contributed by atoms with Crippen LogP contribution < -0.4 is 10.5 Å². The summed E-state index contributed by atoms with van der Waals surface area (Å²) < 4.78 is 5.79. The number of hydrogen-bond acceptors (Lipinski definition) is 3. The van der Waals surface area contributed by atoms with Crippen LogP contribution >= 0.6 is 0 Å². The van der Waals surface area contributed by atoms with Crippen molar-refractivity contribution in [3.63, 3.8) is 0 Å². The molecular weight excluding hydrogens is 216 g/mol. The molecule has 0 amide bonds. The van der Waals surface area contributed by atoms with Crippen molar-refractivity contribution in [1.29, 1.82) is 0 Å². The van der Waals surface area contributed by atoms with Gasteiger partial charge in [0.15, 0.2) is 11.9 Å². The second-order valence-corrected chi connectivity index (χ2v) is 4.23. The first-order chi connectivity index (χ1) is 8.10. The van der Waals surface area contributed by atoms with Crippen LogP contribution in [0, 0.1) is 0 Å². The van der Waals surface area contributed by atoms with Gasteiger partial charge in [0.2, 0.25) is 0 Å². The van der Waals surface area contributed by atoms with Gasteiger partial charge in [-0.3, -0.25) is 0 Å². The Morgan fingerprint density at radius 2 is 2.06 bits per heavy atom. The van der Waals surface area contributed by atoms with Crippen LogP contribution in [0.5, 0.6) is 5.75 Å². The molecule has 0 radical (unpaired) electrons. The largest absolute Gasteiger partial charge is 0.482 e. The molecule has 1 aromatic carbocycles. The van der Waals surface area contributed by atoms with Crippen LogP contribution in [-0.2, 0) is 0 Å². The highest BCUT2D eigenvalue weighted by molar-refractivity contribution is 5.84. The lowest BCUT2D eigenvalue weighted by Crippen LogP contribution is -2.33. The Kier molecular flexibility index (Phi) is 4.82. The second kappa shape index (κ2) is 6.13. The second-order valence-electron chi connectivity index (χ2n) is 4.23. The van der Waals surface area contributed by atoms with Crippen molar-refractivity contribution in [3.8, 4) is 5.75 Å². The topological polar surface area (TPSA) is 67.8 Å². The number of amidine groups is 1. The van der Waals surface area contributed by atoms with Gasteiger partial charge in [-0.1, -0.05) is 44.1 Å². The van der Waals surface area contributed by atoms with Gasteiger partial charge in [-0.2, -0.15) is 0 Å². The number of nitrogens with two attached hydrogens (primary N) is 1. The molecule has 1 aromatic rings. The van der Waals surface area contributed by atoms with E-state index in [4.69, 9.17) is 15.7 Å². The van der Waals surface area contributed by atoms with E-state index in [0.29, 0.717) is 12.3 Å². The molecule has 1 unspecified atom stereocenters. The van der Waals surface area contributed by atoms with Crippen molar-refractivity contribution < 1.29 is 9.94 Å². The molecule has 0 aromatic heterocycles. The van der Waals surface area contributed by atoms with Crippen LogP contribution in [0.4, 0.5) is 0 Å². The van der Waals surface area contributed by atoms with Crippen molar-refractivity contribution in [3.05, 3.63) is 29.8 Å². The molecule has 4 heteroatoms. The van der Waals surface area contributed by atoms with Crippen molar-refractivity contribution in [2.24, 2.45) is 10.9 Å². The van der Waals surface area contributed by atoms with Crippen LogP contribution in [0.1, 0.15) is 38.7 Å². The molecule has 3 N–H and O–H groups in total. The van der Waals surface area contributed by atoms with Crippen LogP contribution in [-0.4, -0.2) is 17.1 Å². The summed E-state index contributed by atoms with van der Waals surface area (Å²) in [6.07, 6.45) is 0.266. The average Bonchev–Trinajstić information content (AvgIpc) is 2.35. The molecule has 0 saturated carbocycles. The highest BCUT2D eigenvalue weighted by Gasteiger charge is 2.16. The summed E-state index contributed by atoms with van der Waals surface area (Å²) in [7, 11) is 0. The van der Waals surface area contributed by atoms with Crippen LogP contribution in [0.25, 0.3) is 0 Å². The summed E-state index contributed by atoms with van der Waals surface area (Å²) in [5, 5.41) is 11.7. The summed E-state index contributed by atoms with van der Waals surface area (Å²) in [6, 6.07) is 7.83. The minimum absolute atomic E-state index is 0.103. The van der Waals surface area contributed by atoms with E-state index >= 15 is 0 Å². The Morgan fingerprint density at radius 1 is 1.41 bits per heavy atom. The Labute approximate surface area is 102 Å². The quantitative estimate of drug-likeness (QED) is 0.357. The lowest BCUT2D eigenvalue weighted by Gasteiger charge is -2.19. The van der Waals surface area contributed by atoms with E-state index in [1.807, 2.05) is 31.2 Å². The lowest BCUT2D eigenvalue weighted by atomic mass is 10.0. The molecule has 0 aliphatic rings. The fraction of sp³-hybridized carbons (Fsp3) is 0.462. The number of benzene rings is 1. The number of ether oxygens (including phenoxy) is 1. The monoisotopic (exact) mass is 236 g/mol. The molecular formula is C13H20N2O2. The zero-order valence-electron chi connectivity index (χ0n) is 10.6. The van der Waals surface area contributed by atoms with E-state index < -0.39 is 0 Å². The zero-order chi connectivity index (χ0) is 12.8. The molecule has 0 saturated heterocycles. The molecule has 1 atom stereocenters. The van der Waals surface area contributed by atoms with E-state index in [1.165, 1.54) is 0 Å². The highest BCUT2D eigenvalue weighted by Crippen LogP contribution is 2.27. The summed E-state index contributed by atoms with van der Waals surface area (Å²) >= 11 is 0. The van der Waals surface area contributed by atoms with E-state index in [9.17, 15) is 0 Å². The predicted molar refractivity (Wildman–Crippen MR) is 68.6 cm³/mol. The molecule has 0 bridgehead atoms. The molecule has 0 aliphatic heterocycles. The Bertz CT molecular complexity index is 389. The molecule has 0 aliphatic carbocycles. The van der Waals surface area contributed by atoms with Gasteiger partial charge in [0.1, 0.15) is 5.75 Å². The maximum atomic E-state index is 8.68. The number of hydrogen-bond donors (Lipinski definition) is 2.